The van der Waals surface area contributed by atoms with Gasteiger partial charge in [0.25, 0.3) is 0 Å². The Kier molecular flexibility index (Phi) is 3.16. The van der Waals surface area contributed by atoms with E-state index in [0.29, 0.717) is 5.69 Å². The number of hydrogen-bond donors (Lipinski definition) is 0. The highest BCUT2D eigenvalue weighted by Gasteiger charge is 2.16. The van der Waals surface area contributed by atoms with Gasteiger partial charge in [0.15, 0.2) is 0 Å². The number of benzene rings is 1. The minimum atomic E-state index is -4.66. The molecule has 3 nitrogen and oxygen atoms in total. The topological polar surface area (TPSA) is 37.4 Å². The Morgan fingerprint density at radius 1 is 1.36 bits per heavy atom. The summed E-state index contributed by atoms with van der Waals surface area (Å²) >= 11 is 2.98. The number of hydrogen-bond acceptors (Lipinski definition) is 3. The lowest BCUT2D eigenvalue weighted by Crippen LogP contribution is -2.09. The molecule has 0 saturated heterocycles. The summed E-state index contributed by atoms with van der Waals surface area (Å²) < 4.78 is 34.4. The van der Waals surface area contributed by atoms with Gasteiger partial charge in [-0.3, -0.25) is 0 Å². The van der Waals surface area contributed by atoms with Crippen molar-refractivity contribution < 1.29 is 12.3 Å². The zero-order valence-electron chi connectivity index (χ0n) is 7.66. The first-order valence-corrected chi connectivity index (χ1v) is 5.91. The molecule has 0 aliphatic carbocycles. The van der Waals surface area contributed by atoms with E-state index in [1.165, 1.54) is 12.1 Å². The van der Waals surface area contributed by atoms with Gasteiger partial charge in [0, 0.05) is 24.3 Å². The van der Waals surface area contributed by atoms with Gasteiger partial charge in [-0.25, -0.2) is 0 Å². The van der Waals surface area contributed by atoms with E-state index in [-0.39, 0.29) is 9.37 Å². The van der Waals surface area contributed by atoms with Gasteiger partial charge in [-0.1, -0.05) is 0 Å². The van der Waals surface area contributed by atoms with Crippen molar-refractivity contribution in [2.24, 2.45) is 0 Å². The molecule has 1 rings (SSSR count). The molecule has 78 valence electrons. The Bertz CT molecular complexity index is 445. The van der Waals surface area contributed by atoms with Gasteiger partial charge in [-0.05, 0) is 34.1 Å². The smallest absolute Gasteiger partial charge is 0.333 e. The van der Waals surface area contributed by atoms with Gasteiger partial charge in [0.05, 0.1) is 0 Å². The molecular formula is C8H9BrFNO2S. The molecule has 0 radical (unpaired) electrons. The average molecular weight is 282 g/mol. The predicted molar refractivity (Wildman–Crippen MR) is 56.8 cm³/mol. The molecule has 0 spiro atoms. The SMILES string of the molecule is CN(C)c1ccc(Br)c(S(=O)(=O)F)c1. The van der Waals surface area contributed by atoms with Crippen LogP contribution in [0.15, 0.2) is 27.6 Å². The van der Waals surface area contributed by atoms with Crippen LogP contribution in [-0.4, -0.2) is 22.5 Å². The molecule has 0 aliphatic rings. The molecule has 0 N–H and O–H groups in total. The van der Waals surface area contributed by atoms with Crippen LogP contribution in [0.5, 0.6) is 0 Å². The molecule has 1 aromatic carbocycles. The summed E-state index contributed by atoms with van der Waals surface area (Å²) in [7, 11) is -1.17. The van der Waals surface area contributed by atoms with Crippen molar-refractivity contribution in [3.63, 3.8) is 0 Å². The van der Waals surface area contributed by atoms with Crippen LogP contribution in [-0.2, 0) is 10.2 Å². The summed E-state index contributed by atoms with van der Waals surface area (Å²) in [4.78, 5) is 1.35. The summed E-state index contributed by atoms with van der Waals surface area (Å²) in [5, 5.41) is 0. The Hall–Kier alpha value is -0.620. The fourth-order valence-corrected chi connectivity index (χ4v) is 2.35. The van der Waals surface area contributed by atoms with Gasteiger partial charge in [-0.2, -0.15) is 8.42 Å². The zero-order valence-corrected chi connectivity index (χ0v) is 10.1. The molecule has 14 heavy (non-hydrogen) atoms. The predicted octanol–water partition coefficient (Wildman–Crippen LogP) is 2.17. The normalized spacial score (nSPS) is 11.4. The Morgan fingerprint density at radius 3 is 2.36 bits per heavy atom. The third-order valence-corrected chi connectivity index (χ3v) is 3.51. The number of anilines is 1. The second kappa shape index (κ2) is 3.86. The van der Waals surface area contributed by atoms with Crippen LogP contribution in [0, 0.1) is 0 Å². The molecular weight excluding hydrogens is 273 g/mol. The summed E-state index contributed by atoms with van der Waals surface area (Å²) in [5.74, 6) is 0. The van der Waals surface area contributed by atoms with Gasteiger partial charge in [0.1, 0.15) is 4.90 Å². The molecule has 0 aromatic heterocycles. The number of halogens is 2. The van der Waals surface area contributed by atoms with Gasteiger partial charge in [-0.15, -0.1) is 3.89 Å². The molecule has 0 saturated carbocycles. The third kappa shape index (κ3) is 2.45. The summed E-state index contributed by atoms with van der Waals surface area (Å²) in [6.07, 6.45) is 0. The first-order chi connectivity index (χ1) is 6.32. The minimum absolute atomic E-state index is 0.227. The van der Waals surface area contributed by atoms with Crippen molar-refractivity contribution in [3.8, 4) is 0 Å². The maximum atomic E-state index is 12.7. The largest absolute Gasteiger partial charge is 0.378 e. The first-order valence-electron chi connectivity index (χ1n) is 3.74. The highest BCUT2D eigenvalue weighted by Crippen LogP contribution is 2.27. The lowest BCUT2D eigenvalue weighted by atomic mass is 10.3. The van der Waals surface area contributed by atoms with E-state index in [1.807, 2.05) is 0 Å². The van der Waals surface area contributed by atoms with Crippen molar-refractivity contribution in [1.29, 1.82) is 0 Å². The van der Waals surface area contributed by atoms with Crippen LogP contribution in [0.1, 0.15) is 0 Å². The molecule has 0 heterocycles. The molecule has 0 unspecified atom stereocenters. The maximum absolute atomic E-state index is 12.7. The molecule has 0 amide bonds. The van der Waals surface area contributed by atoms with Gasteiger partial charge in [0.2, 0.25) is 0 Å². The van der Waals surface area contributed by atoms with Crippen LogP contribution < -0.4 is 4.90 Å². The maximum Gasteiger partial charge on any atom is 0.333 e. The van der Waals surface area contributed by atoms with Crippen molar-refractivity contribution in [2.75, 3.05) is 19.0 Å². The average Bonchev–Trinajstić information content (AvgIpc) is 2.02. The van der Waals surface area contributed by atoms with Crippen molar-refractivity contribution in [1.82, 2.24) is 0 Å². The number of rotatable bonds is 2. The van der Waals surface area contributed by atoms with Crippen LogP contribution in [0.3, 0.4) is 0 Å². The molecule has 0 atom stereocenters. The lowest BCUT2D eigenvalue weighted by Gasteiger charge is -2.13. The van der Waals surface area contributed by atoms with Crippen LogP contribution in [0.4, 0.5) is 9.57 Å². The van der Waals surface area contributed by atoms with Gasteiger partial charge >= 0.3 is 10.2 Å². The van der Waals surface area contributed by atoms with E-state index in [4.69, 9.17) is 0 Å². The van der Waals surface area contributed by atoms with Crippen molar-refractivity contribution in [3.05, 3.63) is 22.7 Å². The van der Waals surface area contributed by atoms with Gasteiger partial charge < -0.3 is 4.90 Å². The fourth-order valence-electron chi connectivity index (χ4n) is 0.957. The lowest BCUT2D eigenvalue weighted by molar-refractivity contribution is 0.551. The van der Waals surface area contributed by atoms with Crippen LogP contribution >= 0.6 is 15.9 Å². The van der Waals surface area contributed by atoms with Crippen LogP contribution in [0.2, 0.25) is 0 Å². The quantitative estimate of drug-likeness (QED) is 0.780. The fraction of sp³-hybridized carbons (Fsp3) is 0.250. The molecule has 6 heteroatoms. The van der Waals surface area contributed by atoms with Crippen molar-refractivity contribution in [2.45, 2.75) is 4.90 Å². The first kappa shape index (κ1) is 11.5. The van der Waals surface area contributed by atoms with E-state index < -0.39 is 10.2 Å². The van der Waals surface area contributed by atoms with Crippen LogP contribution in [0.25, 0.3) is 0 Å². The van der Waals surface area contributed by atoms with Crippen molar-refractivity contribution >= 4 is 31.8 Å². The standard InChI is InChI=1S/C8H9BrFNO2S/c1-11(2)6-3-4-7(9)8(5-6)14(10,12)13/h3-5H,1-2H3. The van der Waals surface area contributed by atoms with E-state index in [1.54, 1.807) is 25.1 Å². The van der Waals surface area contributed by atoms with E-state index in [2.05, 4.69) is 15.9 Å². The highest BCUT2D eigenvalue weighted by atomic mass is 79.9. The van der Waals surface area contributed by atoms with E-state index >= 15 is 0 Å². The third-order valence-electron chi connectivity index (χ3n) is 1.69. The highest BCUT2D eigenvalue weighted by molar-refractivity contribution is 9.10. The Labute approximate surface area is 90.9 Å². The molecule has 0 bridgehead atoms. The molecule has 0 aliphatic heterocycles. The molecule has 0 fully saturated rings. The zero-order chi connectivity index (χ0) is 10.9. The van der Waals surface area contributed by atoms with E-state index in [9.17, 15) is 12.3 Å². The summed E-state index contributed by atoms with van der Waals surface area (Å²) in [6, 6.07) is 4.47. The summed E-state index contributed by atoms with van der Waals surface area (Å²) in [5.41, 5.74) is 0.629. The summed E-state index contributed by atoms with van der Waals surface area (Å²) in [6.45, 7) is 0. The Balaban J connectivity index is 3.37. The number of nitrogens with zero attached hydrogens (tertiary/aromatic N) is 1. The monoisotopic (exact) mass is 281 g/mol. The minimum Gasteiger partial charge on any atom is -0.378 e. The molecule has 1 aromatic rings. The Morgan fingerprint density at radius 2 is 1.93 bits per heavy atom. The second-order valence-electron chi connectivity index (χ2n) is 2.95. The second-order valence-corrected chi connectivity index (χ2v) is 5.12. The van der Waals surface area contributed by atoms with E-state index in [0.717, 1.165) is 0 Å².